The van der Waals surface area contributed by atoms with E-state index < -0.39 is 5.41 Å². The van der Waals surface area contributed by atoms with Crippen molar-refractivity contribution in [2.45, 2.75) is 58.9 Å². The second kappa shape index (κ2) is 8.92. The SMILES string of the molecule is CC(C)(C)C(=O)N/C(=C/c1c(Cl)cccc1Cl)C(=O)NC1CCCCC1. The molecule has 2 amide bonds. The van der Waals surface area contributed by atoms with E-state index in [1.54, 1.807) is 45.0 Å². The zero-order valence-corrected chi connectivity index (χ0v) is 17.0. The van der Waals surface area contributed by atoms with Crippen molar-refractivity contribution in [1.29, 1.82) is 0 Å². The Labute approximate surface area is 165 Å². The normalized spacial score (nSPS) is 16.3. The Bertz CT molecular complexity index is 682. The highest BCUT2D eigenvalue weighted by molar-refractivity contribution is 6.37. The van der Waals surface area contributed by atoms with Gasteiger partial charge in [-0.25, -0.2) is 0 Å². The molecule has 6 heteroatoms. The molecule has 0 bridgehead atoms. The van der Waals surface area contributed by atoms with E-state index in [9.17, 15) is 9.59 Å². The molecule has 0 spiro atoms. The van der Waals surface area contributed by atoms with Crippen LogP contribution in [0.5, 0.6) is 0 Å². The zero-order valence-electron chi connectivity index (χ0n) is 15.5. The molecule has 2 rings (SSSR count). The summed E-state index contributed by atoms with van der Waals surface area (Å²) in [7, 11) is 0. The van der Waals surface area contributed by atoms with Crippen molar-refractivity contribution in [1.82, 2.24) is 10.6 Å². The number of rotatable bonds is 4. The smallest absolute Gasteiger partial charge is 0.268 e. The predicted octanol–water partition coefficient (Wildman–Crippen LogP) is 4.95. The maximum Gasteiger partial charge on any atom is 0.268 e. The first-order valence-electron chi connectivity index (χ1n) is 8.96. The van der Waals surface area contributed by atoms with Gasteiger partial charge in [-0.1, -0.05) is 69.3 Å². The number of hydrogen-bond acceptors (Lipinski definition) is 2. The lowest BCUT2D eigenvalue weighted by Crippen LogP contribution is -2.43. The van der Waals surface area contributed by atoms with Gasteiger partial charge in [0.15, 0.2) is 0 Å². The summed E-state index contributed by atoms with van der Waals surface area (Å²) in [5.41, 5.74) is 0.0402. The number of benzene rings is 1. The van der Waals surface area contributed by atoms with Gasteiger partial charge in [0, 0.05) is 27.1 Å². The molecule has 0 aromatic heterocycles. The summed E-state index contributed by atoms with van der Waals surface area (Å²) < 4.78 is 0. The number of hydrogen-bond donors (Lipinski definition) is 2. The van der Waals surface area contributed by atoms with Crippen molar-refractivity contribution in [2.24, 2.45) is 5.41 Å². The van der Waals surface area contributed by atoms with Crippen LogP contribution in [0.3, 0.4) is 0 Å². The van der Waals surface area contributed by atoms with Crippen molar-refractivity contribution in [2.75, 3.05) is 0 Å². The lowest BCUT2D eigenvalue weighted by molar-refractivity contribution is -0.129. The third-order valence-electron chi connectivity index (χ3n) is 4.40. The maximum absolute atomic E-state index is 12.8. The third kappa shape index (κ3) is 5.75. The molecule has 1 aromatic rings. The van der Waals surface area contributed by atoms with E-state index >= 15 is 0 Å². The molecule has 1 aliphatic carbocycles. The fourth-order valence-corrected chi connectivity index (χ4v) is 3.28. The van der Waals surface area contributed by atoms with E-state index in [0.29, 0.717) is 15.6 Å². The number of nitrogens with one attached hydrogen (secondary N) is 2. The number of halogens is 2. The molecule has 1 saturated carbocycles. The lowest BCUT2D eigenvalue weighted by atomic mass is 9.94. The van der Waals surface area contributed by atoms with E-state index in [2.05, 4.69) is 10.6 Å². The van der Waals surface area contributed by atoms with Crippen molar-refractivity contribution in [3.8, 4) is 0 Å². The van der Waals surface area contributed by atoms with Crippen molar-refractivity contribution in [3.05, 3.63) is 39.5 Å². The fourth-order valence-electron chi connectivity index (χ4n) is 2.77. The molecular weight excluding hydrogens is 371 g/mol. The zero-order chi connectivity index (χ0) is 19.3. The topological polar surface area (TPSA) is 58.2 Å². The Morgan fingerprint density at radius 3 is 2.19 bits per heavy atom. The minimum Gasteiger partial charge on any atom is -0.348 e. The minimum atomic E-state index is -0.630. The summed E-state index contributed by atoms with van der Waals surface area (Å²) >= 11 is 12.4. The van der Waals surface area contributed by atoms with Crippen LogP contribution in [0.4, 0.5) is 0 Å². The van der Waals surface area contributed by atoms with E-state index in [4.69, 9.17) is 23.2 Å². The summed E-state index contributed by atoms with van der Waals surface area (Å²) in [5, 5.41) is 6.61. The lowest BCUT2D eigenvalue weighted by Gasteiger charge is -2.24. The van der Waals surface area contributed by atoms with Gasteiger partial charge in [-0.3, -0.25) is 9.59 Å². The predicted molar refractivity (Wildman–Crippen MR) is 107 cm³/mol. The molecule has 0 atom stereocenters. The second-order valence-electron chi connectivity index (χ2n) is 7.71. The van der Waals surface area contributed by atoms with Gasteiger partial charge in [-0.05, 0) is 31.1 Å². The molecule has 2 N–H and O–H groups in total. The second-order valence-corrected chi connectivity index (χ2v) is 8.52. The van der Waals surface area contributed by atoms with Crippen LogP contribution >= 0.6 is 23.2 Å². The van der Waals surface area contributed by atoms with Gasteiger partial charge in [0.25, 0.3) is 5.91 Å². The van der Waals surface area contributed by atoms with Gasteiger partial charge in [-0.2, -0.15) is 0 Å². The minimum absolute atomic E-state index is 0.132. The maximum atomic E-state index is 12.8. The fraction of sp³-hybridized carbons (Fsp3) is 0.500. The molecule has 0 saturated heterocycles. The van der Waals surface area contributed by atoms with E-state index in [1.807, 2.05) is 0 Å². The summed E-state index contributed by atoms with van der Waals surface area (Å²) in [6, 6.07) is 5.26. The van der Waals surface area contributed by atoms with Gasteiger partial charge in [-0.15, -0.1) is 0 Å². The molecule has 0 radical (unpaired) electrons. The molecule has 1 fully saturated rings. The van der Waals surface area contributed by atoms with Crippen molar-refractivity contribution < 1.29 is 9.59 Å². The largest absolute Gasteiger partial charge is 0.348 e. The average Bonchev–Trinajstić information content (AvgIpc) is 2.57. The molecule has 0 unspecified atom stereocenters. The van der Waals surface area contributed by atoms with Gasteiger partial charge >= 0.3 is 0 Å². The van der Waals surface area contributed by atoms with Gasteiger partial charge < -0.3 is 10.6 Å². The summed E-state index contributed by atoms with van der Waals surface area (Å²) in [5.74, 6) is -0.559. The van der Waals surface area contributed by atoms with Gasteiger partial charge in [0.05, 0.1) is 0 Å². The number of amides is 2. The van der Waals surface area contributed by atoms with E-state index in [-0.39, 0.29) is 23.6 Å². The highest BCUT2D eigenvalue weighted by Gasteiger charge is 2.25. The van der Waals surface area contributed by atoms with Crippen LogP contribution in [0, 0.1) is 5.41 Å². The monoisotopic (exact) mass is 396 g/mol. The molecule has 4 nitrogen and oxygen atoms in total. The van der Waals surface area contributed by atoms with Crippen LogP contribution < -0.4 is 10.6 Å². The quantitative estimate of drug-likeness (QED) is 0.707. The van der Waals surface area contributed by atoms with Crippen LogP contribution in [0.2, 0.25) is 10.0 Å². The Kier molecular flexibility index (Phi) is 7.13. The molecule has 142 valence electrons. The van der Waals surface area contributed by atoms with Gasteiger partial charge in [0.2, 0.25) is 5.91 Å². The third-order valence-corrected chi connectivity index (χ3v) is 5.06. The van der Waals surface area contributed by atoms with Gasteiger partial charge in [0.1, 0.15) is 5.70 Å². The first kappa shape index (κ1) is 20.8. The van der Waals surface area contributed by atoms with Crippen LogP contribution in [0.15, 0.2) is 23.9 Å². The molecule has 0 heterocycles. The molecule has 1 aromatic carbocycles. The van der Waals surface area contributed by atoms with Crippen LogP contribution in [0.25, 0.3) is 6.08 Å². The Morgan fingerprint density at radius 1 is 1.08 bits per heavy atom. The molecular formula is C20H26Cl2N2O2. The highest BCUT2D eigenvalue weighted by Crippen LogP contribution is 2.27. The number of carbonyl (C=O) groups excluding carboxylic acids is 2. The van der Waals surface area contributed by atoms with E-state index in [0.717, 1.165) is 25.7 Å². The summed E-state index contributed by atoms with van der Waals surface area (Å²) in [6.07, 6.45) is 6.87. The van der Waals surface area contributed by atoms with Crippen LogP contribution in [-0.2, 0) is 9.59 Å². The Hall–Kier alpha value is -1.52. The first-order valence-corrected chi connectivity index (χ1v) is 9.72. The molecule has 1 aliphatic rings. The molecule has 26 heavy (non-hydrogen) atoms. The first-order chi connectivity index (χ1) is 12.2. The number of carbonyl (C=O) groups is 2. The molecule has 0 aliphatic heterocycles. The Balaban J connectivity index is 2.30. The van der Waals surface area contributed by atoms with Crippen molar-refractivity contribution in [3.63, 3.8) is 0 Å². The summed E-state index contributed by atoms with van der Waals surface area (Å²) in [4.78, 5) is 25.3. The summed E-state index contributed by atoms with van der Waals surface area (Å²) in [6.45, 7) is 5.38. The standard InChI is InChI=1S/C20H26Cl2N2O2/c1-20(2,3)19(26)24-17(12-14-15(21)10-7-11-16(14)22)18(25)23-13-8-5-4-6-9-13/h7,10-13H,4-6,8-9H2,1-3H3,(H,23,25)(H,24,26)/b17-12+. The van der Waals surface area contributed by atoms with E-state index in [1.165, 1.54) is 6.42 Å². The Morgan fingerprint density at radius 2 is 1.65 bits per heavy atom. The van der Waals surface area contributed by atoms with Crippen molar-refractivity contribution >= 4 is 41.1 Å². The van der Waals surface area contributed by atoms with Crippen LogP contribution in [-0.4, -0.2) is 17.9 Å². The highest BCUT2D eigenvalue weighted by atomic mass is 35.5. The van der Waals surface area contributed by atoms with Crippen LogP contribution in [0.1, 0.15) is 58.4 Å². The average molecular weight is 397 g/mol.